The van der Waals surface area contributed by atoms with E-state index < -0.39 is 0 Å². The molecule has 1 aliphatic heterocycles. The third-order valence-electron chi connectivity index (χ3n) is 3.51. The average Bonchev–Trinajstić information content (AvgIpc) is 2.91. The zero-order valence-electron chi connectivity index (χ0n) is 12.1. The molecule has 0 radical (unpaired) electrons. The molecule has 0 bridgehead atoms. The van der Waals surface area contributed by atoms with E-state index in [0.29, 0.717) is 6.54 Å². The number of nitrogens with two attached hydrogens (primary N) is 1. The first-order valence-electron chi connectivity index (χ1n) is 7.05. The lowest BCUT2D eigenvalue weighted by molar-refractivity contribution is 0.0894. The maximum Gasteiger partial charge on any atom is 0.321 e. The Morgan fingerprint density at radius 2 is 2.40 bits per heavy atom. The highest BCUT2D eigenvalue weighted by Crippen LogP contribution is 2.17. The predicted octanol–water partition coefficient (Wildman–Crippen LogP) is 2.35. The second kappa shape index (κ2) is 6.72. The summed E-state index contributed by atoms with van der Waals surface area (Å²) in [6.45, 7) is 3.35. The van der Waals surface area contributed by atoms with Crippen LogP contribution in [0.25, 0.3) is 0 Å². The van der Waals surface area contributed by atoms with E-state index in [1.165, 1.54) is 0 Å². The lowest BCUT2D eigenvalue weighted by Gasteiger charge is -2.21. The molecular formula is C15H23N3O2. The van der Waals surface area contributed by atoms with Crippen LogP contribution >= 0.6 is 0 Å². The molecule has 5 nitrogen and oxygen atoms in total. The van der Waals surface area contributed by atoms with Gasteiger partial charge in [0, 0.05) is 31.9 Å². The lowest BCUT2D eigenvalue weighted by Crippen LogP contribution is -2.37. The first-order chi connectivity index (χ1) is 9.56. The van der Waals surface area contributed by atoms with Crippen molar-refractivity contribution in [1.29, 1.82) is 0 Å². The molecule has 2 unspecified atom stereocenters. The van der Waals surface area contributed by atoms with Gasteiger partial charge >= 0.3 is 6.03 Å². The summed E-state index contributed by atoms with van der Waals surface area (Å²) in [4.78, 5) is 13.8. The van der Waals surface area contributed by atoms with Gasteiger partial charge in [-0.25, -0.2) is 4.79 Å². The molecule has 0 aromatic heterocycles. The Labute approximate surface area is 120 Å². The van der Waals surface area contributed by atoms with E-state index >= 15 is 0 Å². The minimum absolute atomic E-state index is 0.0449. The zero-order chi connectivity index (χ0) is 14.5. The number of ether oxygens (including phenoxy) is 1. The van der Waals surface area contributed by atoms with Crippen LogP contribution in [-0.4, -0.2) is 37.2 Å². The van der Waals surface area contributed by atoms with E-state index in [-0.39, 0.29) is 18.2 Å². The van der Waals surface area contributed by atoms with Crippen LogP contribution in [0.15, 0.2) is 24.3 Å². The number of likely N-dealkylation sites (N-methyl/N-ethyl adjacent to an activating group) is 1. The van der Waals surface area contributed by atoms with Gasteiger partial charge in [-0.1, -0.05) is 12.1 Å². The van der Waals surface area contributed by atoms with Crippen LogP contribution in [0.5, 0.6) is 0 Å². The van der Waals surface area contributed by atoms with Gasteiger partial charge in [0.2, 0.25) is 0 Å². The summed E-state index contributed by atoms with van der Waals surface area (Å²) in [7, 11) is 1.78. The second-order valence-electron chi connectivity index (χ2n) is 5.36. The molecule has 1 saturated heterocycles. The molecule has 2 amide bonds. The number of nitrogens with one attached hydrogen (secondary N) is 1. The largest absolute Gasteiger partial charge is 0.376 e. The van der Waals surface area contributed by atoms with Gasteiger partial charge in [0.15, 0.2) is 0 Å². The number of nitrogens with zero attached hydrogens (tertiary/aromatic N) is 1. The highest BCUT2D eigenvalue weighted by atomic mass is 16.5. The summed E-state index contributed by atoms with van der Waals surface area (Å²) in [5, 5.41) is 2.89. The molecular weight excluding hydrogens is 254 g/mol. The minimum atomic E-state index is -0.123. The van der Waals surface area contributed by atoms with E-state index in [2.05, 4.69) is 5.32 Å². The molecule has 0 saturated carbocycles. The average molecular weight is 277 g/mol. The summed E-state index contributed by atoms with van der Waals surface area (Å²) >= 11 is 0. The molecule has 0 spiro atoms. The minimum Gasteiger partial charge on any atom is -0.376 e. The fraction of sp³-hybridized carbons (Fsp3) is 0.533. The Hall–Kier alpha value is -1.59. The summed E-state index contributed by atoms with van der Waals surface area (Å²) in [6.07, 6.45) is 2.27. The number of hydrogen-bond acceptors (Lipinski definition) is 3. The second-order valence-corrected chi connectivity index (χ2v) is 5.36. The summed E-state index contributed by atoms with van der Waals surface area (Å²) in [5.74, 6) is 0. The van der Waals surface area contributed by atoms with Gasteiger partial charge in [0.05, 0.1) is 6.10 Å². The van der Waals surface area contributed by atoms with Crippen molar-refractivity contribution < 1.29 is 9.53 Å². The highest BCUT2D eigenvalue weighted by Gasteiger charge is 2.20. The Morgan fingerprint density at radius 3 is 3.05 bits per heavy atom. The zero-order valence-corrected chi connectivity index (χ0v) is 12.1. The van der Waals surface area contributed by atoms with Crippen molar-refractivity contribution in [2.75, 3.05) is 25.5 Å². The van der Waals surface area contributed by atoms with Gasteiger partial charge in [-0.3, -0.25) is 0 Å². The van der Waals surface area contributed by atoms with Gasteiger partial charge in [0.25, 0.3) is 0 Å². The van der Waals surface area contributed by atoms with Crippen LogP contribution < -0.4 is 11.1 Å². The maximum atomic E-state index is 12.1. The van der Waals surface area contributed by atoms with Crippen molar-refractivity contribution in [3.05, 3.63) is 29.8 Å². The number of carbonyl (C=O) groups excluding carboxylic acids is 1. The number of amides is 2. The summed E-state index contributed by atoms with van der Waals surface area (Å²) in [6, 6.07) is 7.45. The molecule has 5 heteroatoms. The number of rotatable bonds is 4. The van der Waals surface area contributed by atoms with Crippen LogP contribution in [0.1, 0.15) is 31.4 Å². The molecule has 1 aliphatic rings. The van der Waals surface area contributed by atoms with Gasteiger partial charge in [-0.05, 0) is 37.5 Å². The molecule has 2 atom stereocenters. The molecule has 1 aromatic rings. The maximum absolute atomic E-state index is 12.1. The lowest BCUT2D eigenvalue weighted by atomic mass is 10.1. The standard InChI is InChI=1S/C15H23N3O2/c1-11(16)12-5-3-6-13(9-12)17-15(19)18(2)10-14-7-4-8-20-14/h3,5-6,9,11,14H,4,7-8,10,16H2,1-2H3,(H,17,19). The molecule has 3 N–H and O–H groups in total. The van der Waals surface area contributed by atoms with E-state index in [0.717, 1.165) is 30.7 Å². The molecule has 2 rings (SSSR count). The third-order valence-corrected chi connectivity index (χ3v) is 3.51. The van der Waals surface area contributed by atoms with Crippen molar-refractivity contribution in [3.8, 4) is 0 Å². The smallest absolute Gasteiger partial charge is 0.321 e. The van der Waals surface area contributed by atoms with E-state index in [1.54, 1.807) is 11.9 Å². The number of anilines is 1. The monoisotopic (exact) mass is 277 g/mol. The summed E-state index contributed by atoms with van der Waals surface area (Å²) in [5.41, 5.74) is 7.61. The van der Waals surface area contributed by atoms with Crippen LogP contribution in [0.4, 0.5) is 10.5 Å². The first-order valence-corrected chi connectivity index (χ1v) is 7.05. The quantitative estimate of drug-likeness (QED) is 0.887. The molecule has 1 heterocycles. The molecule has 1 aromatic carbocycles. The van der Waals surface area contributed by atoms with Crippen molar-refractivity contribution >= 4 is 11.7 Å². The van der Waals surface area contributed by atoms with Gasteiger partial charge in [-0.15, -0.1) is 0 Å². The third kappa shape index (κ3) is 3.95. The van der Waals surface area contributed by atoms with Crippen molar-refractivity contribution in [3.63, 3.8) is 0 Å². The Bertz CT molecular complexity index is 456. The number of hydrogen-bond donors (Lipinski definition) is 2. The van der Waals surface area contributed by atoms with Crippen LogP contribution in [0.3, 0.4) is 0 Å². The number of benzene rings is 1. The molecule has 0 aliphatic carbocycles. The van der Waals surface area contributed by atoms with Gasteiger partial charge in [-0.2, -0.15) is 0 Å². The van der Waals surface area contributed by atoms with E-state index in [9.17, 15) is 4.79 Å². The first kappa shape index (κ1) is 14.8. The fourth-order valence-electron chi connectivity index (χ4n) is 2.30. The molecule has 1 fully saturated rings. The van der Waals surface area contributed by atoms with E-state index in [1.807, 2.05) is 31.2 Å². The molecule has 110 valence electrons. The SMILES string of the molecule is CC(N)c1cccc(NC(=O)N(C)CC2CCCO2)c1. The van der Waals surface area contributed by atoms with Crippen molar-refractivity contribution in [2.45, 2.75) is 31.9 Å². The highest BCUT2D eigenvalue weighted by molar-refractivity contribution is 5.89. The topological polar surface area (TPSA) is 67.6 Å². The number of carbonyl (C=O) groups is 1. The Balaban J connectivity index is 1.91. The van der Waals surface area contributed by atoms with Crippen molar-refractivity contribution in [1.82, 2.24) is 4.90 Å². The number of urea groups is 1. The van der Waals surface area contributed by atoms with Crippen LogP contribution in [0.2, 0.25) is 0 Å². The van der Waals surface area contributed by atoms with Crippen molar-refractivity contribution in [2.24, 2.45) is 5.73 Å². The van der Waals surface area contributed by atoms with Crippen LogP contribution in [-0.2, 0) is 4.74 Å². The molecule has 20 heavy (non-hydrogen) atoms. The van der Waals surface area contributed by atoms with Gasteiger partial charge in [0.1, 0.15) is 0 Å². The predicted molar refractivity (Wildman–Crippen MR) is 79.7 cm³/mol. The van der Waals surface area contributed by atoms with E-state index in [4.69, 9.17) is 10.5 Å². The Kier molecular flexibility index (Phi) is 4.98. The van der Waals surface area contributed by atoms with Gasteiger partial charge < -0.3 is 20.7 Å². The summed E-state index contributed by atoms with van der Waals surface area (Å²) < 4.78 is 5.54. The fourth-order valence-corrected chi connectivity index (χ4v) is 2.30. The normalized spacial score (nSPS) is 19.6. The van der Waals surface area contributed by atoms with Crippen LogP contribution in [0, 0.1) is 0 Å². The Morgan fingerprint density at radius 1 is 1.60 bits per heavy atom.